The molecule has 0 saturated heterocycles. The third-order valence-electron chi connectivity index (χ3n) is 2.92. The van der Waals surface area contributed by atoms with Gasteiger partial charge in [0, 0.05) is 30.6 Å². The molecule has 1 amide bonds. The number of carbonyl (C=O) groups excluding carboxylic acids is 1. The quantitative estimate of drug-likeness (QED) is 0.705. The number of anilines is 1. The Balaban J connectivity index is 2.32. The Morgan fingerprint density at radius 1 is 1.39 bits per heavy atom. The molecule has 98 valence electrons. The van der Waals surface area contributed by atoms with Gasteiger partial charge in [-0.05, 0) is 17.7 Å². The van der Waals surface area contributed by atoms with E-state index in [0.29, 0.717) is 25.4 Å². The summed E-state index contributed by atoms with van der Waals surface area (Å²) in [5.74, 6) is 0.525. The minimum Gasteiger partial charge on any atom is -0.329 e. The zero-order chi connectivity index (χ0) is 13.1. The molecular weight excluding hydrogens is 248 g/mol. The monoisotopic (exact) mass is 266 g/mol. The number of thioether (sulfide) groups is 1. The van der Waals surface area contributed by atoms with E-state index < -0.39 is 0 Å². The lowest BCUT2D eigenvalue weighted by Crippen LogP contribution is -2.46. The minimum absolute atomic E-state index is 0.0746. The van der Waals surface area contributed by atoms with E-state index in [-0.39, 0.29) is 11.9 Å². The Morgan fingerprint density at radius 3 is 2.83 bits per heavy atom. The number of hydrogen-bond donors (Lipinski definition) is 3. The molecule has 2 rings (SSSR count). The van der Waals surface area contributed by atoms with Crippen molar-refractivity contribution in [2.24, 2.45) is 17.2 Å². The van der Waals surface area contributed by atoms with Crippen LogP contribution in [-0.4, -0.2) is 30.8 Å². The van der Waals surface area contributed by atoms with E-state index in [0.717, 1.165) is 16.1 Å². The maximum atomic E-state index is 12.0. The predicted octanol–water partition coefficient (Wildman–Crippen LogP) is -0.130. The lowest BCUT2D eigenvalue weighted by Gasteiger charge is -2.31. The van der Waals surface area contributed by atoms with Crippen LogP contribution in [0.2, 0.25) is 0 Å². The van der Waals surface area contributed by atoms with Gasteiger partial charge in [0.1, 0.15) is 0 Å². The molecule has 0 fully saturated rings. The van der Waals surface area contributed by atoms with E-state index in [1.807, 2.05) is 18.2 Å². The highest BCUT2D eigenvalue weighted by Gasteiger charge is 2.25. The van der Waals surface area contributed by atoms with Crippen LogP contribution >= 0.6 is 11.8 Å². The minimum atomic E-state index is -0.202. The van der Waals surface area contributed by atoms with Gasteiger partial charge >= 0.3 is 0 Å². The summed E-state index contributed by atoms with van der Waals surface area (Å²) in [6, 6.07) is 5.76. The number of carbonyl (C=O) groups is 1. The van der Waals surface area contributed by atoms with Gasteiger partial charge < -0.3 is 22.1 Å². The van der Waals surface area contributed by atoms with Crippen molar-refractivity contribution in [1.82, 2.24) is 0 Å². The second kappa shape index (κ2) is 5.71. The average Bonchev–Trinajstić information content (AvgIpc) is 2.41. The molecule has 0 bridgehead atoms. The molecule has 1 unspecified atom stereocenters. The molecule has 0 aliphatic carbocycles. The van der Waals surface area contributed by atoms with Gasteiger partial charge in [0.2, 0.25) is 5.91 Å². The Labute approximate surface area is 111 Å². The summed E-state index contributed by atoms with van der Waals surface area (Å²) in [6.07, 6.45) is 0. The molecule has 0 radical (unpaired) electrons. The van der Waals surface area contributed by atoms with Crippen molar-refractivity contribution in [2.75, 3.05) is 23.7 Å². The fourth-order valence-electron chi connectivity index (χ4n) is 1.88. The van der Waals surface area contributed by atoms with E-state index >= 15 is 0 Å². The van der Waals surface area contributed by atoms with Gasteiger partial charge in [-0.1, -0.05) is 6.07 Å². The standard InChI is InChI=1S/C12H18N4OS/c13-4-8-1-2-11-10(3-8)16(6-9(15)5-14)12(17)7-18-11/h1-3,9H,4-7,13-15H2. The molecule has 1 atom stereocenters. The first-order chi connectivity index (χ1) is 8.65. The largest absolute Gasteiger partial charge is 0.329 e. The third-order valence-corrected chi connectivity index (χ3v) is 3.97. The van der Waals surface area contributed by atoms with Gasteiger partial charge in [0.05, 0.1) is 11.4 Å². The van der Waals surface area contributed by atoms with E-state index in [1.54, 1.807) is 16.7 Å². The number of benzene rings is 1. The summed E-state index contributed by atoms with van der Waals surface area (Å²) >= 11 is 1.55. The van der Waals surface area contributed by atoms with Gasteiger partial charge in [-0.3, -0.25) is 4.79 Å². The molecule has 1 aliphatic rings. The molecule has 1 aromatic carbocycles. The van der Waals surface area contributed by atoms with Crippen LogP contribution in [0.4, 0.5) is 5.69 Å². The number of fused-ring (bicyclic) bond motifs is 1. The van der Waals surface area contributed by atoms with Crippen LogP contribution in [0, 0.1) is 0 Å². The van der Waals surface area contributed by atoms with E-state index in [2.05, 4.69) is 0 Å². The Bertz CT molecular complexity index is 452. The first-order valence-electron chi connectivity index (χ1n) is 5.87. The second-order valence-corrected chi connectivity index (χ2v) is 5.31. The van der Waals surface area contributed by atoms with Crippen LogP contribution in [0.15, 0.2) is 23.1 Å². The summed E-state index contributed by atoms with van der Waals surface area (Å²) in [4.78, 5) is 14.8. The lowest BCUT2D eigenvalue weighted by molar-refractivity contribution is -0.116. The highest BCUT2D eigenvalue weighted by molar-refractivity contribution is 8.00. The molecule has 6 heteroatoms. The van der Waals surface area contributed by atoms with Crippen molar-refractivity contribution < 1.29 is 4.79 Å². The van der Waals surface area contributed by atoms with Gasteiger partial charge in [0.25, 0.3) is 0 Å². The third kappa shape index (κ3) is 2.67. The van der Waals surface area contributed by atoms with Gasteiger partial charge in [0.15, 0.2) is 0 Å². The summed E-state index contributed by atoms with van der Waals surface area (Å²) in [7, 11) is 0. The van der Waals surface area contributed by atoms with E-state index in [9.17, 15) is 4.79 Å². The highest BCUT2D eigenvalue weighted by atomic mass is 32.2. The molecule has 18 heavy (non-hydrogen) atoms. The molecule has 0 saturated carbocycles. The van der Waals surface area contributed by atoms with Crippen LogP contribution in [-0.2, 0) is 11.3 Å². The Kier molecular flexibility index (Phi) is 4.23. The van der Waals surface area contributed by atoms with Crippen molar-refractivity contribution in [1.29, 1.82) is 0 Å². The highest BCUT2D eigenvalue weighted by Crippen LogP contribution is 2.35. The number of hydrogen-bond acceptors (Lipinski definition) is 5. The normalized spacial score (nSPS) is 16.6. The first kappa shape index (κ1) is 13.4. The lowest BCUT2D eigenvalue weighted by atomic mass is 10.1. The molecule has 1 aromatic rings. The molecule has 1 aliphatic heterocycles. The van der Waals surface area contributed by atoms with Crippen molar-refractivity contribution in [3.8, 4) is 0 Å². The molecule has 6 N–H and O–H groups in total. The number of nitrogens with two attached hydrogens (primary N) is 3. The van der Waals surface area contributed by atoms with Crippen LogP contribution in [0.25, 0.3) is 0 Å². The van der Waals surface area contributed by atoms with Gasteiger partial charge in [-0.15, -0.1) is 11.8 Å². The van der Waals surface area contributed by atoms with Crippen molar-refractivity contribution in [2.45, 2.75) is 17.5 Å². The summed E-state index contributed by atoms with van der Waals surface area (Å²) in [6.45, 7) is 1.28. The van der Waals surface area contributed by atoms with Gasteiger partial charge in [-0.25, -0.2) is 0 Å². The Hall–Kier alpha value is -1.08. The number of rotatable bonds is 4. The fourth-order valence-corrected chi connectivity index (χ4v) is 2.80. The van der Waals surface area contributed by atoms with Crippen LogP contribution in [0.5, 0.6) is 0 Å². The summed E-state index contributed by atoms with van der Waals surface area (Å²) in [5, 5.41) is 0. The SMILES string of the molecule is NCc1ccc2c(c1)N(CC(N)CN)C(=O)CS2. The van der Waals surface area contributed by atoms with Crippen molar-refractivity contribution in [3.63, 3.8) is 0 Å². The topological polar surface area (TPSA) is 98.4 Å². The van der Waals surface area contributed by atoms with E-state index in [1.165, 1.54) is 0 Å². The molecule has 1 heterocycles. The zero-order valence-electron chi connectivity index (χ0n) is 10.1. The van der Waals surface area contributed by atoms with Crippen LogP contribution in [0.1, 0.15) is 5.56 Å². The van der Waals surface area contributed by atoms with Gasteiger partial charge in [-0.2, -0.15) is 0 Å². The van der Waals surface area contributed by atoms with E-state index in [4.69, 9.17) is 17.2 Å². The second-order valence-electron chi connectivity index (χ2n) is 4.30. The number of nitrogens with zero attached hydrogens (tertiary/aromatic N) is 1. The number of amides is 1. The van der Waals surface area contributed by atoms with Crippen LogP contribution < -0.4 is 22.1 Å². The molecular formula is C12H18N4OS. The Morgan fingerprint density at radius 2 is 2.17 bits per heavy atom. The zero-order valence-corrected chi connectivity index (χ0v) is 11.0. The van der Waals surface area contributed by atoms with Crippen molar-refractivity contribution in [3.05, 3.63) is 23.8 Å². The molecule has 0 spiro atoms. The summed E-state index contributed by atoms with van der Waals surface area (Å²) in [5.41, 5.74) is 18.9. The summed E-state index contributed by atoms with van der Waals surface area (Å²) < 4.78 is 0. The van der Waals surface area contributed by atoms with Crippen molar-refractivity contribution >= 4 is 23.4 Å². The first-order valence-corrected chi connectivity index (χ1v) is 6.86. The fraction of sp³-hybridized carbons (Fsp3) is 0.417. The average molecular weight is 266 g/mol. The molecule has 0 aromatic heterocycles. The maximum Gasteiger partial charge on any atom is 0.237 e. The molecule has 5 nitrogen and oxygen atoms in total. The smallest absolute Gasteiger partial charge is 0.237 e. The predicted molar refractivity (Wildman–Crippen MR) is 74.4 cm³/mol. The maximum absolute atomic E-state index is 12.0. The van der Waals surface area contributed by atoms with Crippen LogP contribution in [0.3, 0.4) is 0 Å².